The first-order valence-electron chi connectivity index (χ1n) is 11.4. The van der Waals surface area contributed by atoms with Gasteiger partial charge in [0.05, 0.1) is 24.5 Å². The molecule has 4 rings (SSSR count). The highest BCUT2D eigenvalue weighted by molar-refractivity contribution is 7.13. The van der Waals surface area contributed by atoms with Crippen LogP contribution in [0.5, 0.6) is 0 Å². The summed E-state index contributed by atoms with van der Waals surface area (Å²) in [7, 11) is 1.62. The Morgan fingerprint density at radius 1 is 1.03 bits per heavy atom. The number of carbonyl (C=O) groups is 1. The largest absolute Gasteiger partial charge is 0.383 e. The number of carbonyl (C=O) groups excluding carboxylic acids is 1. The van der Waals surface area contributed by atoms with E-state index in [-0.39, 0.29) is 11.3 Å². The van der Waals surface area contributed by atoms with Crippen molar-refractivity contribution in [1.82, 2.24) is 10.3 Å². The number of benzene rings is 3. The molecule has 0 atom stereocenters. The molecule has 0 radical (unpaired) electrons. The van der Waals surface area contributed by atoms with Crippen LogP contribution in [0.1, 0.15) is 42.4 Å². The lowest BCUT2D eigenvalue weighted by Crippen LogP contribution is -2.26. The fraction of sp³-hybridized carbons (Fsp3) is 0.286. The van der Waals surface area contributed by atoms with Crippen molar-refractivity contribution in [2.45, 2.75) is 32.7 Å². The van der Waals surface area contributed by atoms with Crippen molar-refractivity contribution < 1.29 is 9.53 Å². The molecule has 176 valence electrons. The van der Waals surface area contributed by atoms with Crippen molar-refractivity contribution in [3.8, 4) is 0 Å². The summed E-state index contributed by atoms with van der Waals surface area (Å²) in [5, 5.41) is 8.36. The molecule has 0 aliphatic heterocycles. The van der Waals surface area contributed by atoms with Gasteiger partial charge in [0.25, 0.3) is 5.91 Å². The first kappa shape index (κ1) is 23.9. The summed E-state index contributed by atoms with van der Waals surface area (Å²) in [6.07, 6.45) is 0. The monoisotopic (exact) mass is 473 g/mol. The summed E-state index contributed by atoms with van der Waals surface area (Å²) in [5.41, 5.74) is 3.93. The van der Waals surface area contributed by atoms with Crippen molar-refractivity contribution in [2.24, 2.45) is 0 Å². The number of ether oxygens (including phenoxy) is 1. The normalized spacial score (nSPS) is 11.5. The molecule has 0 fully saturated rings. The van der Waals surface area contributed by atoms with Gasteiger partial charge in [-0.2, -0.15) is 0 Å². The Hall–Kier alpha value is -3.22. The molecule has 0 saturated carbocycles. The number of anilines is 2. The Morgan fingerprint density at radius 3 is 2.47 bits per heavy atom. The van der Waals surface area contributed by atoms with E-state index in [0.717, 1.165) is 22.1 Å². The average molecular weight is 474 g/mol. The maximum Gasteiger partial charge on any atom is 0.251 e. The zero-order valence-electron chi connectivity index (χ0n) is 20.2. The number of nitrogens with one attached hydrogen (secondary N) is 1. The molecule has 34 heavy (non-hydrogen) atoms. The van der Waals surface area contributed by atoms with Gasteiger partial charge in [-0.1, -0.05) is 69.3 Å². The molecule has 1 aromatic heterocycles. The highest BCUT2D eigenvalue weighted by atomic mass is 32.1. The molecule has 4 aromatic rings. The van der Waals surface area contributed by atoms with Crippen LogP contribution in [-0.4, -0.2) is 31.2 Å². The van der Waals surface area contributed by atoms with Crippen molar-refractivity contribution >= 4 is 38.8 Å². The number of methoxy groups -OCH3 is 1. The van der Waals surface area contributed by atoms with Crippen LogP contribution in [-0.2, 0) is 16.7 Å². The third kappa shape index (κ3) is 5.46. The average Bonchev–Trinajstić information content (AvgIpc) is 3.34. The first-order chi connectivity index (χ1) is 16.4. The standard InChI is InChI=1S/C28H31N3O2S/c1-28(2,3)25-19-34-27(30-25)31(24-11-7-9-21-8-5-6-10-23(21)24)18-20-12-14-22(15-13-20)26(32)29-16-17-33-4/h5-15,19H,16-18H2,1-4H3,(H,29,32). The van der Waals surface area contributed by atoms with E-state index < -0.39 is 0 Å². The molecule has 3 aromatic carbocycles. The van der Waals surface area contributed by atoms with Crippen LogP contribution in [0.4, 0.5) is 10.8 Å². The van der Waals surface area contributed by atoms with Gasteiger partial charge in [0.2, 0.25) is 0 Å². The molecule has 0 aliphatic rings. The molecule has 0 spiro atoms. The van der Waals surface area contributed by atoms with Gasteiger partial charge in [-0.3, -0.25) is 4.79 Å². The van der Waals surface area contributed by atoms with Crippen LogP contribution in [0.15, 0.2) is 72.1 Å². The Kier molecular flexibility index (Phi) is 7.29. The molecule has 5 nitrogen and oxygen atoms in total. The Balaban J connectivity index is 1.67. The highest BCUT2D eigenvalue weighted by Crippen LogP contribution is 2.37. The van der Waals surface area contributed by atoms with Gasteiger partial charge in [-0.05, 0) is 29.1 Å². The van der Waals surface area contributed by atoms with E-state index in [4.69, 9.17) is 9.72 Å². The Morgan fingerprint density at radius 2 is 1.76 bits per heavy atom. The second-order valence-electron chi connectivity index (χ2n) is 9.30. The van der Waals surface area contributed by atoms with Crippen LogP contribution >= 0.6 is 11.3 Å². The summed E-state index contributed by atoms with van der Waals surface area (Å²) in [6.45, 7) is 8.19. The van der Waals surface area contributed by atoms with Gasteiger partial charge in [0, 0.05) is 35.4 Å². The Bertz CT molecular complexity index is 1250. The fourth-order valence-corrected chi connectivity index (χ4v) is 4.81. The number of rotatable bonds is 8. The number of hydrogen-bond donors (Lipinski definition) is 1. The molecule has 6 heteroatoms. The van der Waals surface area contributed by atoms with E-state index in [0.29, 0.717) is 25.3 Å². The number of aromatic nitrogens is 1. The lowest BCUT2D eigenvalue weighted by atomic mass is 9.93. The minimum atomic E-state index is -0.0933. The SMILES string of the molecule is COCCNC(=O)c1ccc(CN(c2nc(C(C)(C)C)cs2)c2cccc3ccccc23)cc1. The zero-order valence-corrected chi connectivity index (χ0v) is 21.0. The van der Waals surface area contributed by atoms with Gasteiger partial charge in [0.1, 0.15) is 0 Å². The molecule has 1 heterocycles. The quantitative estimate of drug-likeness (QED) is 0.305. The number of thiazole rings is 1. The molecule has 0 bridgehead atoms. The number of fused-ring (bicyclic) bond motifs is 1. The predicted octanol–water partition coefficient (Wildman–Crippen LogP) is 6.31. The Labute approximate surface area is 205 Å². The van der Waals surface area contributed by atoms with Gasteiger partial charge < -0.3 is 15.0 Å². The lowest BCUT2D eigenvalue weighted by Gasteiger charge is -2.24. The van der Waals surface area contributed by atoms with Crippen molar-refractivity contribution in [1.29, 1.82) is 0 Å². The third-order valence-electron chi connectivity index (χ3n) is 5.70. The fourth-order valence-electron chi connectivity index (χ4n) is 3.75. The van der Waals surface area contributed by atoms with Crippen LogP contribution in [0.3, 0.4) is 0 Å². The molecule has 1 amide bonds. The van der Waals surface area contributed by atoms with E-state index >= 15 is 0 Å². The van der Waals surface area contributed by atoms with E-state index in [2.05, 4.69) is 78.8 Å². The van der Waals surface area contributed by atoms with Crippen molar-refractivity contribution in [3.05, 3.63) is 88.9 Å². The lowest BCUT2D eigenvalue weighted by molar-refractivity contribution is 0.0937. The van der Waals surface area contributed by atoms with Crippen LogP contribution in [0, 0.1) is 0 Å². The molecule has 1 N–H and O–H groups in total. The summed E-state index contributed by atoms with van der Waals surface area (Å²) in [4.78, 5) is 19.6. The second-order valence-corrected chi connectivity index (χ2v) is 10.1. The maximum atomic E-state index is 12.4. The first-order valence-corrected chi connectivity index (χ1v) is 12.3. The van der Waals surface area contributed by atoms with Gasteiger partial charge in [-0.25, -0.2) is 4.98 Å². The molecular formula is C28H31N3O2S. The van der Waals surface area contributed by atoms with Gasteiger partial charge in [-0.15, -0.1) is 11.3 Å². The van der Waals surface area contributed by atoms with Crippen LogP contribution in [0.25, 0.3) is 10.8 Å². The number of amides is 1. The van der Waals surface area contributed by atoms with E-state index in [1.807, 2.05) is 24.3 Å². The highest BCUT2D eigenvalue weighted by Gasteiger charge is 2.22. The van der Waals surface area contributed by atoms with E-state index in [1.54, 1.807) is 18.4 Å². The number of nitrogens with zero attached hydrogens (tertiary/aromatic N) is 2. The maximum absolute atomic E-state index is 12.4. The second kappa shape index (κ2) is 10.4. The minimum Gasteiger partial charge on any atom is -0.383 e. The summed E-state index contributed by atoms with van der Waals surface area (Å²) in [5.74, 6) is -0.0933. The minimum absolute atomic E-state index is 0.0169. The van der Waals surface area contributed by atoms with Crippen LogP contribution < -0.4 is 10.2 Å². The van der Waals surface area contributed by atoms with Gasteiger partial charge >= 0.3 is 0 Å². The molecule has 0 unspecified atom stereocenters. The molecular weight excluding hydrogens is 442 g/mol. The zero-order chi connectivity index (χ0) is 24.1. The molecule has 0 aliphatic carbocycles. The van der Waals surface area contributed by atoms with Crippen LogP contribution in [0.2, 0.25) is 0 Å². The number of hydrogen-bond acceptors (Lipinski definition) is 5. The van der Waals surface area contributed by atoms with E-state index in [9.17, 15) is 4.79 Å². The predicted molar refractivity (Wildman–Crippen MR) is 141 cm³/mol. The van der Waals surface area contributed by atoms with E-state index in [1.165, 1.54) is 10.8 Å². The summed E-state index contributed by atoms with van der Waals surface area (Å²) < 4.78 is 5.00. The smallest absolute Gasteiger partial charge is 0.251 e. The summed E-state index contributed by atoms with van der Waals surface area (Å²) in [6, 6.07) is 22.6. The van der Waals surface area contributed by atoms with Crippen molar-refractivity contribution in [2.75, 3.05) is 25.2 Å². The van der Waals surface area contributed by atoms with Gasteiger partial charge in [0.15, 0.2) is 5.13 Å². The molecule has 0 saturated heterocycles. The topological polar surface area (TPSA) is 54.5 Å². The third-order valence-corrected chi connectivity index (χ3v) is 6.56. The summed E-state index contributed by atoms with van der Waals surface area (Å²) >= 11 is 1.67. The van der Waals surface area contributed by atoms with Crippen molar-refractivity contribution in [3.63, 3.8) is 0 Å².